The van der Waals surface area contributed by atoms with Gasteiger partial charge in [-0.15, -0.1) is 0 Å². The molecular weight excluding hydrogens is 666 g/mol. The molecule has 0 aromatic heterocycles. The van der Waals surface area contributed by atoms with Crippen molar-refractivity contribution >= 4 is 11.6 Å². The van der Waals surface area contributed by atoms with Gasteiger partial charge in [-0.05, 0) is 61.7 Å². The fourth-order valence-electron chi connectivity index (χ4n) is 4.39. The molecular formula is C37H59NO13. The van der Waals surface area contributed by atoms with E-state index >= 15 is 0 Å². The standard InChI is InChI=1S/C37H59NO13/c1-29-25-33(26-30(2)31(29)3)38-37(39)32-27-34(49-22-19-46-16-13-43-10-7-40-4)36(51-24-21-48-18-15-45-12-9-42-6)35(28-32)50-23-20-47-17-14-44-11-8-41-5/h25-28H,7-24H2,1-6H3,(H,38,39). The van der Waals surface area contributed by atoms with E-state index in [1.807, 2.05) is 26.0 Å². The summed E-state index contributed by atoms with van der Waals surface area (Å²) in [5.41, 5.74) is 4.36. The Labute approximate surface area is 303 Å². The molecule has 51 heavy (non-hydrogen) atoms. The van der Waals surface area contributed by atoms with E-state index in [2.05, 4.69) is 12.2 Å². The minimum atomic E-state index is -0.329. The van der Waals surface area contributed by atoms with Gasteiger partial charge in [0.1, 0.15) is 19.8 Å². The van der Waals surface area contributed by atoms with Gasteiger partial charge in [0.25, 0.3) is 5.91 Å². The van der Waals surface area contributed by atoms with Gasteiger partial charge in [-0.25, -0.2) is 0 Å². The van der Waals surface area contributed by atoms with E-state index in [1.165, 1.54) is 5.56 Å². The van der Waals surface area contributed by atoms with Gasteiger partial charge in [-0.3, -0.25) is 4.79 Å². The number of carbonyl (C=O) groups is 1. The van der Waals surface area contributed by atoms with Crippen LogP contribution in [0.1, 0.15) is 27.0 Å². The van der Waals surface area contributed by atoms with Gasteiger partial charge in [0.15, 0.2) is 11.5 Å². The molecule has 2 aromatic carbocycles. The largest absolute Gasteiger partial charge is 0.487 e. The van der Waals surface area contributed by atoms with Crippen molar-refractivity contribution in [2.24, 2.45) is 0 Å². The molecule has 0 aliphatic rings. The first-order valence-electron chi connectivity index (χ1n) is 17.3. The van der Waals surface area contributed by atoms with E-state index < -0.39 is 0 Å². The summed E-state index contributed by atoms with van der Waals surface area (Å²) in [7, 11) is 4.87. The van der Waals surface area contributed by atoms with Crippen LogP contribution in [0.4, 0.5) is 5.69 Å². The average molecular weight is 726 g/mol. The fourth-order valence-corrected chi connectivity index (χ4v) is 4.39. The second-order valence-electron chi connectivity index (χ2n) is 11.2. The van der Waals surface area contributed by atoms with Crippen molar-refractivity contribution < 1.29 is 61.6 Å². The Kier molecular flexibility index (Phi) is 24.7. The number of amides is 1. The average Bonchev–Trinajstić information content (AvgIpc) is 3.12. The molecule has 0 saturated heterocycles. The van der Waals surface area contributed by atoms with E-state index in [0.717, 1.165) is 11.1 Å². The summed E-state index contributed by atoms with van der Waals surface area (Å²) >= 11 is 0. The molecule has 14 nitrogen and oxygen atoms in total. The molecule has 0 bridgehead atoms. The zero-order valence-electron chi connectivity index (χ0n) is 31.3. The van der Waals surface area contributed by atoms with Crippen LogP contribution in [0.3, 0.4) is 0 Å². The maximum atomic E-state index is 13.6. The molecule has 0 saturated carbocycles. The van der Waals surface area contributed by atoms with Crippen molar-refractivity contribution in [1.82, 2.24) is 0 Å². The van der Waals surface area contributed by atoms with E-state index in [-0.39, 0.29) is 38.9 Å². The third kappa shape index (κ3) is 19.4. The molecule has 1 N–H and O–H groups in total. The van der Waals surface area contributed by atoms with Gasteiger partial charge in [-0.1, -0.05) is 0 Å². The Bertz CT molecular complexity index is 1150. The van der Waals surface area contributed by atoms with E-state index in [1.54, 1.807) is 33.5 Å². The van der Waals surface area contributed by atoms with Crippen LogP contribution < -0.4 is 19.5 Å². The Morgan fingerprint density at radius 3 is 1.18 bits per heavy atom. The number of anilines is 1. The minimum Gasteiger partial charge on any atom is -0.487 e. The molecule has 0 aliphatic heterocycles. The number of methoxy groups -OCH3 is 3. The number of rotatable bonds is 32. The van der Waals surface area contributed by atoms with Crippen LogP contribution in [0.25, 0.3) is 0 Å². The van der Waals surface area contributed by atoms with E-state index in [4.69, 9.17) is 56.8 Å². The molecule has 0 spiro atoms. The summed E-state index contributed by atoms with van der Waals surface area (Å²) in [4.78, 5) is 13.6. The first-order valence-corrected chi connectivity index (χ1v) is 17.3. The molecule has 0 atom stereocenters. The number of ether oxygens (including phenoxy) is 12. The number of carbonyl (C=O) groups excluding carboxylic acids is 1. The van der Waals surface area contributed by atoms with Gasteiger partial charge >= 0.3 is 0 Å². The first-order chi connectivity index (χ1) is 24.9. The zero-order valence-corrected chi connectivity index (χ0v) is 31.3. The van der Waals surface area contributed by atoms with Crippen molar-refractivity contribution in [3.8, 4) is 17.2 Å². The van der Waals surface area contributed by atoms with Crippen molar-refractivity contribution in [3.05, 3.63) is 46.5 Å². The number of aryl methyl sites for hydroxylation is 2. The minimum absolute atomic E-state index is 0.191. The molecule has 2 rings (SSSR count). The summed E-state index contributed by atoms with van der Waals surface area (Å²) in [5, 5.41) is 3.01. The number of hydrogen-bond acceptors (Lipinski definition) is 13. The fraction of sp³-hybridized carbons (Fsp3) is 0.649. The zero-order chi connectivity index (χ0) is 36.9. The molecule has 0 radical (unpaired) electrons. The van der Waals surface area contributed by atoms with Crippen LogP contribution in [0.5, 0.6) is 17.2 Å². The molecule has 1 amide bonds. The number of nitrogens with one attached hydrogen (secondary N) is 1. The molecule has 2 aromatic rings. The lowest BCUT2D eigenvalue weighted by atomic mass is 10.0. The van der Waals surface area contributed by atoms with Crippen LogP contribution in [0.2, 0.25) is 0 Å². The molecule has 0 fully saturated rings. The number of hydrogen-bond donors (Lipinski definition) is 1. The summed E-state index contributed by atoms with van der Waals surface area (Å²) in [6.45, 7) is 13.1. The van der Waals surface area contributed by atoms with Crippen molar-refractivity contribution in [3.63, 3.8) is 0 Å². The summed E-state index contributed by atoms with van der Waals surface area (Å²) in [6, 6.07) is 7.17. The highest BCUT2D eigenvalue weighted by atomic mass is 16.6. The van der Waals surface area contributed by atoms with Crippen molar-refractivity contribution in [1.29, 1.82) is 0 Å². The normalized spacial score (nSPS) is 11.2. The molecule has 0 unspecified atom stereocenters. The van der Waals surface area contributed by atoms with Gasteiger partial charge < -0.3 is 62.2 Å². The molecule has 14 heteroatoms. The maximum Gasteiger partial charge on any atom is 0.255 e. The Balaban J connectivity index is 2.18. The van der Waals surface area contributed by atoms with Crippen molar-refractivity contribution in [2.45, 2.75) is 20.8 Å². The maximum absolute atomic E-state index is 13.6. The molecule has 0 heterocycles. The number of benzene rings is 2. The molecule has 290 valence electrons. The Hall–Kier alpha value is -3.05. The lowest BCUT2D eigenvalue weighted by molar-refractivity contribution is 0.0146. The van der Waals surface area contributed by atoms with Gasteiger partial charge in [0, 0.05) is 32.6 Å². The molecule has 0 aliphatic carbocycles. The Morgan fingerprint density at radius 2 is 0.804 bits per heavy atom. The predicted octanol–water partition coefficient (Wildman–Crippen LogP) is 4.04. The SMILES string of the molecule is COCCOCCOCCOc1cc(C(=O)Nc2cc(C)c(C)c(C)c2)cc(OCCOCCOCCOC)c1OCCOCCOCCOC. The highest BCUT2D eigenvalue weighted by Crippen LogP contribution is 2.39. The highest BCUT2D eigenvalue weighted by molar-refractivity contribution is 6.05. The summed E-state index contributed by atoms with van der Waals surface area (Å²) < 4.78 is 66.8. The third-order valence-corrected chi connectivity index (χ3v) is 7.32. The Morgan fingerprint density at radius 1 is 0.471 bits per heavy atom. The van der Waals surface area contributed by atoms with Crippen molar-refractivity contribution in [2.75, 3.05) is 146 Å². The van der Waals surface area contributed by atoms with Crippen LogP contribution in [-0.2, 0) is 42.6 Å². The van der Waals surface area contributed by atoms with Crippen LogP contribution in [0, 0.1) is 20.8 Å². The monoisotopic (exact) mass is 725 g/mol. The highest BCUT2D eigenvalue weighted by Gasteiger charge is 2.20. The van der Waals surface area contributed by atoms with Crippen LogP contribution >= 0.6 is 0 Å². The summed E-state index contributed by atoms with van der Waals surface area (Å²) in [5.74, 6) is 0.650. The van der Waals surface area contributed by atoms with Gasteiger partial charge in [0.05, 0.1) is 99.1 Å². The van der Waals surface area contributed by atoms with Crippen LogP contribution in [0.15, 0.2) is 24.3 Å². The smallest absolute Gasteiger partial charge is 0.255 e. The lowest BCUT2D eigenvalue weighted by Gasteiger charge is -2.19. The second-order valence-corrected chi connectivity index (χ2v) is 11.2. The van der Waals surface area contributed by atoms with Crippen LogP contribution in [-0.4, -0.2) is 146 Å². The van der Waals surface area contributed by atoms with E-state index in [9.17, 15) is 4.79 Å². The lowest BCUT2D eigenvalue weighted by Crippen LogP contribution is -2.17. The first kappa shape index (κ1) is 44.1. The predicted molar refractivity (Wildman–Crippen MR) is 192 cm³/mol. The van der Waals surface area contributed by atoms with Gasteiger partial charge in [0.2, 0.25) is 5.75 Å². The second kappa shape index (κ2) is 28.5. The van der Waals surface area contributed by atoms with Gasteiger partial charge in [-0.2, -0.15) is 0 Å². The third-order valence-electron chi connectivity index (χ3n) is 7.32. The summed E-state index contributed by atoms with van der Waals surface area (Å²) in [6.07, 6.45) is 0. The van der Waals surface area contributed by atoms with E-state index in [0.29, 0.717) is 114 Å². The quantitative estimate of drug-likeness (QED) is 0.109. The topological polar surface area (TPSA) is 140 Å².